The number of pyridine rings is 2. The number of hydrogen-bond acceptors (Lipinski definition) is 5. The van der Waals surface area contributed by atoms with Crippen LogP contribution in [0.3, 0.4) is 0 Å². The number of benzene rings is 1. The van der Waals surface area contributed by atoms with E-state index < -0.39 is 5.56 Å². The molecule has 3 heterocycles. The van der Waals surface area contributed by atoms with Crippen molar-refractivity contribution in [3.8, 4) is 5.75 Å². The van der Waals surface area contributed by atoms with E-state index >= 15 is 0 Å². The largest absolute Gasteiger partial charge is 0.505 e. The van der Waals surface area contributed by atoms with Gasteiger partial charge in [0.15, 0.2) is 17.8 Å². The van der Waals surface area contributed by atoms with Crippen LogP contribution in [-0.2, 0) is 13.6 Å². The molecule has 0 atom stereocenters. The first-order valence-corrected chi connectivity index (χ1v) is 8.27. The molecule has 1 aromatic carbocycles. The molecule has 4 rings (SSSR count). The summed E-state index contributed by atoms with van der Waals surface area (Å²) in [4.78, 5) is 41.4. The average Bonchev–Trinajstić information content (AvgIpc) is 2.95. The monoisotopic (exact) mass is 361 g/mol. The van der Waals surface area contributed by atoms with Gasteiger partial charge in [-0.3, -0.25) is 19.0 Å². The highest BCUT2D eigenvalue weighted by molar-refractivity contribution is 6.09. The lowest BCUT2D eigenvalue weighted by Crippen LogP contribution is -2.25. The summed E-state index contributed by atoms with van der Waals surface area (Å²) in [5.41, 5.74) is 0.629. The standard InChI is InChI=1S/C20H15N3O4/c1-22-14(11-24)18(26)16-17(22)13-8-5-9-21-19(13)23(20(16)27)10-15(25)12-6-3-2-4-7-12/h2-9,11,26H,10H2,1H3. The SMILES string of the molecule is Cn1c(C=O)c(O)c2c(=O)n(CC(=O)c3ccccc3)c3ncccc3c21. The van der Waals surface area contributed by atoms with Gasteiger partial charge in [-0.15, -0.1) is 0 Å². The second-order valence-corrected chi connectivity index (χ2v) is 6.19. The van der Waals surface area contributed by atoms with Crippen molar-refractivity contribution in [2.45, 2.75) is 6.54 Å². The number of aromatic hydroxyl groups is 1. The molecule has 0 amide bonds. The molecule has 0 saturated carbocycles. The summed E-state index contributed by atoms with van der Waals surface area (Å²) in [6.07, 6.45) is 2.02. The van der Waals surface area contributed by atoms with Gasteiger partial charge < -0.3 is 9.67 Å². The fourth-order valence-corrected chi connectivity index (χ4v) is 3.37. The number of ketones is 1. The summed E-state index contributed by atoms with van der Waals surface area (Å²) in [5.74, 6) is -0.644. The van der Waals surface area contributed by atoms with Crippen LogP contribution in [0.2, 0.25) is 0 Å². The maximum absolute atomic E-state index is 13.1. The van der Waals surface area contributed by atoms with Gasteiger partial charge in [0.2, 0.25) is 0 Å². The molecule has 0 radical (unpaired) electrons. The van der Waals surface area contributed by atoms with Gasteiger partial charge in [-0.25, -0.2) is 4.98 Å². The number of Topliss-reactive ketones (excluding diaryl/α,β-unsaturated/α-hetero) is 1. The molecule has 0 aliphatic heterocycles. The molecular weight excluding hydrogens is 346 g/mol. The first-order valence-electron chi connectivity index (χ1n) is 8.27. The van der Waals surface area contributed by atoms with Crippen molar-refractivity contribution >= 4 is 34.0 Å². The van der Waals surface area contributed by atoms with Gasteiger partial charge in [0.05, 0.1) is 12.1 Å². The minimum Gasteiger partial charge on any atom is -0.505 e. The molecule has 0 saturated heterocycles. The van der Waals surface area contributed by atoms with E-state index in [1.54, 1.807) is 49.5 Å². The smallest absolute Gasteiger partial charge is 0.265 e. The Morgan fingerprint density at radius 3 is 2.63 bits per heavy atom. The van der Waals surface area contributed by atoms with Crippen molar-refractivity contribution in [2.75, 3.05) is 0 Å². The Balaban J connectivity index is 2.04. The zero-order valence-corrected chi connectivity index (χ0v) is 14.4. The van der Waals surface area contributed by atoms with Crippen LogP contribution in [0.4, 0.5) is 0 Å². The van der Waals surface area contributed by atoms with Gasteiger partial charge in [-0.1, -0.05) is 30.3 Å². The zero-order chi connectivity index (χ0) is 19.1. The maximum atomic E-state index is 13.1. The van der Waals surface area contributed by atoms with Crippen molar-refractivity contribution in [1.29, 1.82) is 0 Å². The first kappa shape index (κ1) is 16.7. The fraction of sp³-hybridized carbons (Fsp3) is 0.100. The third-order valence-electron chi connectivity index (χ3n) is 4.68. The van der Waals surface area contributed by atoms with Crippen LogP contribution in [0, 0.1) is 0 Å². The van der Waals surface area contributed by atoms with Crippen LogP contribution in [-0.4, -0.2) is 31.3 Å². The molecule has 0 spiro atoms. The minimum atomic E-state index is -0.568. The summed E-state index contributed by atoms with van der Waals surface area (Å²) in [6.45, 7) is -0.225. The second-order valence-electron chi connectivity index (χ2n) is 6.19. The number of carbonyl (C=O) groups is 2. The predicted octanol–water partition coefficient (Wildman–Crippen LogP) is 2.29. The topological polar surface area (TPSA) is 94.2 Å². The van der Waals surface area contributed by atoms with Crippen molar-refractivity contribution in [1.82, 2.24) is 14.1 Å². The Labute approximate surface area is 153 Å². The van der Waals surface area contributed by atoms with Gasteiger partial charge >= 0.3 is 0 Å². The zero-order valence-electron chi connectivity index (χ0n) is 14.4. The number of nitrogens with zero attached hydrogens (tertiary/aromatic N) is 3. The van der Waals surface area contributed by atoms with E-state index in [9.17, 15) is 19.5 Å². The van der Waals surface area contributed by atoms with E-state index in [0.717, 1.165) is 0 Å². The lowest BCUT2D eigenvalue weighted by molar-refractivity contribution is 0.0972. The number of aryl methyl sites for hydroxylation is 1. The summed E-state index contributed by atoms with van der Waals surface area (Å²) in [6, 6.07) is 12.1. The number of hydrogen-bond donors (Lipinski definition) is 1. The number of aldehydes is 1. The molecule has 4 aromatic rings. The van der Waals surface area contributed by atoms with E-state index in [0.29, 0.717) is 28.4 Å². The van der Waals surface area contributed by atoms with Crippen molar-refractivity contribution < 1.29 is 14.7 Å². The van der Waals surface area contributed by atoms with Crippen molar-refractivity contribution in [3.05, 3.63) is 70.3 Å². The molecule has 134 valence electrons. The average molecular weight is 361 g/mol. The van der Waals surface area contributed by atoms with Crippen molar-refractivity contribution in [2.24, 2.45) is 7.05 Å². The molecule has 27 heavy (non-hydrogen) atoms. The van der Waals surface area contributed by atoms with Crippen LogP contribution in [0.25, 0.3) is 21.9 Å². The van der Waals surface area contributed by atoms with Crippen LogP contribution in [0.15, 0.2) is 53.5 Å². The van der Waals surface area contributed by atoms with Gasteiger partial charge in [0.1, 0.15) is 16.7 Å². The molecule has 0 aliphatic carbocycles. The van der Waals surface area contributed by atoms with E-state index in [1.807, 2.05) is 0 Å². The summed E-state index contributed by atoms with van der Waals surface area (Å²) >= 11 is 0. The third-order valence-corrected chi connectivity index (χ3v) is 4.68. The third kappa shape index (κ3) is 2.43. The lowest BCUT2D eigenvalue weighted by atomic mass is 10.1. The molecular formula is C20H15N3O4. The molecule has 7 heteroatoms. The Bertz CT molecular complexity index is 1270. The summed E-state index contributed by atoms with van der Waals surface area (Å²) < 4.78 is 2.70. The Hall–Kier alpha value is -3.74. The van der Waals surface area contributed by atoms with Crippen LogP contribution in [0.1, 0.15) is 20.8 Å². The van der Waals surface area contributed by atoms with Gasteiger partial charge in [-0.05, 0) is 12.1 Å². The molecule has 0 unspecified atom stereocenters. The maximum Gasteiger partial charge on any atom is 0.265 e. The Morgan fingerprint density at radius 2 is 1.93 bits per heavy atom. The number of fused-ring (bicyclic) bond motifs is 3. The van der Waals surface area contributed by atoms with Gasteiger partial charge in [-0.2, -0.15) is 0 Å². The molecule has 7 nitrogen and oxygen atoms in total. The number of carbonyl (C=O) groups excluding carboxylic acids is 2. The van der Waals surface area contributed by atoms with E-state index in [-0.39, 0.29) is 29.2 Å². The number of aromatic nitrogens is 3. The molecule has 0 aliphatic rings. The molecule has 3 aromatic heterocycles. The van der Waals surface area contributed by atoms with E-state index in [2.05, 4.69) is 4.98 Å². The number of rotatable bonds is 4. The quantitative estimate of drug-likeness (QED) is 0.445. The highest BCUT2D eigenvalue weighted by Crippen LogP contribution is 2.32. The normalized spacial score (nSPS) is 11.1. The summed E-state index contributed by atoms with van der Waals surface area (Å²) in [5, 5.41) is 11.0. The molecule has 0 fully saturated rings. The lowest BCUT2D eigenvalue weighted by Gasteiger charge is -2.11. The highest BCUT2D eigenvalue weighted by Gasteiger charge is 2.23. The Kier molecular flexibility index (Phi) is 3.84. The van der Waals surface area contributed by atoms with E-state index in [4.69, 9.17) is 0 Å². The van der Waals surface area contributed by atoms with Crippen molar-refractivity contribution in [3.63, 3.8) is 0 Å². The second kappa shape index (κ2) is 6.21. The fourth-order valence-electron chi connectivity index (χ4n) is 3.37. The molecule has 0 bridgehead atoms. The minimum absolute atomic E-state index is 0.000566. The van der Waals surface area contributed by atoms with Gasteiger partial charge in [0, 0.05) is 24.2 Å². The molecule has 1 N–H and O–H groups in total. The summed E-state index contributed by atoms with van der Waals surface area (Å²) in [7, 11) is 1.59. The first-order chi connectivity index (χ1) is 13.0. The van der Waals surface area contributed by atoms with E-state index in [1.165, 1.54) is 15.3 Å². The highest BCUT2D eigenvalue weighted by atomic mass is 16.3. The Morgan fingerprint density at radius 1 is 1.19 bits per heavy atom. The van der Waals surface area contributed by atoms with Crippen LogP contribution >= 0.6 is 0 Å². The predicted molar refractivity (Wildman–Crippen MR) is 100 cm³/mol. The van der Waals surface area contributed by atoms with Crippen LogP contribution in [0.5, 0.6) is 5.75 Å². The van der Waals surface area contributed by atoms with Gasteiger partial charge in [0.25, 0.3) is 5.56 Å². The van der Waals surface area contributed by atoms with Crippen LogP contribution < -0.4 is 5.56 Å².